The van der Waals surface area contributed by atoms with Crippen molar-refractivity contribution >= 4 is 0 Å². The summed E-state index contributed by atoms with van der Waals surface area (Å²) in [5.41, 5.74) is 1.30. The van der Waals surface area contributed by atoms with Crippen LogP contribution in [-0.2, 0) is 17.7 Å². The zero-order valence-corrected chi connectivity index (χ0v) is 15.0. The minimum atomic E-state index is 0.0710. The third kappa shape index (κ3) is 4.02. The van der Waals surface area contributed by atoms with Gasteiger partial charge in [0.05, 0.1) is 18.8 Å². The van der Waals surface area contributed by atoms with Gasteiger partial charge in [0.1, 0.15) is 0 Å². The molecule has 1 aliphatic heterocycles. The molecular formula is C19H27N3O2. The van der Waals surface area contributed by atoms with Gasteiger partial charge in [-0.25, -0.2) is 0 Å². The van der Waals surface area contributed by atoms with Crippen molar-refractivity contribution in [1.29, 1.82) is 0 Å². The Balaban J connectivity index is 1.77. The van der Waals surface area contributed by atoms with E-state index in [1.807, 2.05) is 13.0 Å². The van der Waals surface area contributed by atoms with Crippen LogP contribution in [0.15, 0.2) is 34.9 Å². The molecular weight excluding hydrogens is 302 g/mol. The maximum Gasteiger partial charge on any atom is 0.226 e. The second-order valence-corrected chi connectivity index (χ2v) is 7.54. The van der Waals surface area contributed by atoms with E-state index in [9.17, 15) is 0 Å². The lowest BCUT2D eigenvalue weighted by atomic mass is 9.87. The fourth-order valence-electron chi connectivity index (χ4n) is 2.98. The first kappa shape index (κ1) is 17.1. The number of ether oxygens (including phenoxy) is 1. The molecule has 130 valence electrons. The van der Waals surface area contributed by atoms with Gasteiger partial charge in [-0.1, -0.05) is 63.2 Å². The van der Waals surface area contributed by atoms with Gasteiger partial charge < -0.3 is 9.26 Å². The van der Waals surface area contributed by atoms with Crippen molar-refractivity contribution in [2.75, 3.05) is 13.1 Å². The van der Waals surface area contributed by atoms with Crippen molar-refractivity contribution in [3.05, 3.63) is 47.6 Å². The summed E-state index contributed by atoms with van der Waals surface area (Å²) in [6.07, 6.45) is 1.00. The number of nitrogens with zero attached hydrogens (tertiary/aromatic N) is 3. The zero-order valence-electron chi connectivity index (χ0n) is 15.0. The quantitative estimate of drug-likeness (QED) is 0.857. The first-order valence-corrected chi connectivity index (χ1v) is 8.70. The van der Waals surface area contributed by atoms with E-state index in [1.54, 1.807) is 0 Å². The predicted molar refractivity (Wildman–Crippen MR) is 92.5 cm³/mol. The molecule has 3 rings (SSSR count). The summed E-state index contributed by atoms with van der Waals surface area (Å²) >= 11 is 0. The Hall–Kier alpha value is -1.72. The second-order valence-electron chi connectivity index (χ2n) is 7.54. The van der Waals surface area contributed by atoms with E-state index >= 15 is 0 Å². The number of aryl methyl sites for hydroxylation is 1. The van der Waals surface area contributed by atoms with Crippen molar-refractivity contribution in [3.8, 4) is 0 Å². The highest BCUT2D eigenvalue weighted by Crippen LogP contribution is 2.33. The van der Waals surface area contributed by atoms with Crippen LogP contribution in [0.5, 0.6) is 0 Å². The molecule has 1 aromatic heterocycles. The van der Waals surface area contributed by atoms with Crippen molar-refractivity contribution in [1.82, 2.24) is 15.0 Å². The summed E-state index contributed by atoms with van der Waals surface area (Å²) in [7, 11) is 0. The fourth-order valence-corrected chi connectivity index (χ4v) is 2.98. The monoisotopic (exact) mass is 329 g/mol. The van der Waals surface area contributed by atoms with Crippen LogP contribution < -0.4 is 0 Å². The Morgan fingerprint density at radius 1 is 1.17 bits per heavy atom. The predicted octanol–water partition coefficient (Wildman–Crippen LogP) is 3.62. The van der Waals surface area contributed by atoms with Gasteiger partial charge in [0, 0.05) is 19.5 Å². The third-order valence-electron chi connectivity index (χ3n) is 4.49. The van der Waals surface area contributed by atoms with Gasteiger partial charge in [-0.3, -0.25) is 4.90 Å². The summed E-state index contributed by atoms with van der Waals surface area (Å²) in [6.45, 7) is 11.1. The van der Waals surface area contributed by atoms with Gasteiger partial charge >= 0.3 is 0 Å². The standard InChI is InChI=1S/C19H27N3O2/c1-5-18-20-17(21-24-18)13-22-11-15(14-9-7-6-8-10-14)23-16(12-22)19(2,3)4/h6-10,15-16H,5,11-13H2,1-4H3/t15-,16+/m0/s1. The number of aromatic nitrogens is 2. The number of morpholine rings is 1. The largest absolute Gasteiger partial charge is 0.367 e. The molecule has 2 heterocycles. The van der Waals surface area contributed by atoms with E-state index in [0.29, 0.717) is 12.4 Å². The first-order chi connectivity index (χ1) is 11.5. The molecule has 2 atom stereocenters. The molecule has 24 heavy (non-hydrogen) atoms. The van der Waals surface area contributed by atoms with Crippen molar-refractivity contribution in [2.24, 2.45) is 5.41 Å². The Kier molecular flexibility index (Phi) is 5.01. The van der Waals surface area contributed by atoms with Crippen LogP contribution in [0.4, 0.5) is 0 Å². The van der Waals surface area contributed by atoms with Gasteiger partial charge in [0.25, 0.3) is 0 Å². The van der Waals surface area contributed by atoms with E-state index in [-0.39, 0.29) is 17.6 Å². The zero-order chi connectivity index (χ0) is 17.2. The Morgan fingerprint density at radius 3 is 2.54 bits per heavy atom. The molecule has 0 unspecified atom stereocenters. The van der Waals surface area contributed by atoms with Gasteiger partial charge in [-0.2, -0.15) is 4.98 Å². The Bertz CT molecular complexity index is 648. The topological polar surface area (TPSA) is 51.4 Å². The van der Waals surface area contributed by atoms with Gasteiger partial charge in [0.2, 0.25) is 5.89 Å². The summed E-state index contributed by atoms with van der Waals surface area (Å²) in [5.74, 6) is 1.46. The van der Waals surface area contributed by atoms with Crippen LogP contribution in [0.25, 0.3) is 0 Å². The van der Waals surface area contributed by atoms with E-state index in [2.05, 4.69) is 60.1 Å². The highest BCUT2D eigenvalue weighted by molar-refractivity contribution is 5.18. The van der Waals surface area contributed by atoms with Gasteiger partial charge in [0.15, 0.2) is 5.82 Å². The molecule has 1 aliphatic rings. The Labute approximate surface area is 144 Å². The van der Waals surface area contributed by atoms with Gasteiger partial charge in [-0.05, 0) is 11.0 Å². The van der Waals surface area contributed by atoms with Crippen LogP contribution in [0.3, 0.4) is 0 Å². The maximum atomic E-state index is 6.43. The molecule has 0 amide bonds. The fraction of sp³-hybridized carbons (Fsp3) is 0.579. The number of benzene rings is 1. The normalized spacial score (nSPS) is 22.7. The molecule has 1 aromatic carbocycles. The number of hydrogen-bond donors (Lipinski definition) is 0. The first-order valence-electron chi connectivity index (χ1n) is 8.70. The molecule has 5 heteroatoms. The minimum Gasteiger partial charge on any atom is -0.367 e. The average molecular weight is 329 g/mol. The van der Waals surface area contributed by atoms with Crippen LogP contribution in [0.1, 0.15) is 51.1 Å². The smallest absolute Gasteiger partial charge is 0.226 e. The molecule has 0 aliphatic carbocycles. The SMILES string of the molecule is CCc1nc(CN2C[C@@H](c3ccccc3)O[C@@H](C(C)(C)C)C2)no1. The van der Waals surface area contributed by atoms with Crippen LogP contribution in [0.2, 0.25) is 0 Å². The van der Waals surface area contributed by atoms with E-state index in [1.165, 1.54) is 5.56 Å². The number of rotatable bonds is 4. The summed E-state index contributed by atoms with van der Waals surface area (Å²) < 4.78 is 11.7. The summed E-state index contributed by atoms with van der Waals surface area (Å²) in [5, 5.41) is 4.10. The Morgan fingerprint density at radius 2 is 1.92 bits per heavy atom. The van der Waals surface area contributed by atoms with Crippen LogP contribution in [-0.4, -0.2) is 34.2 Å². The lowest BCUT2D eigenvalue weighted by Crippen LogP contribution is -2.48. The van der Waals surface area contributed by atoms with Crippen LogP contribution in [0, 0.1) is 5.41 Å². The second kappa shape index (κ2) is 7.03. The molecule has 0 bridgehead atoms. The van der Waals surface area contributed by atoms with Crippen molar-refractivity contribution in [3.63, 3.8) is 0 Å². The molecule has 0 N–H and O–H groups in total. The van der Waals surface area contributed by atoms with Gasteiger partial charge in [-0.15, -0.1) is 0 Å². The molecule has 1 fully saturated rings. The average Bonchev–Trinajstić information content (AvgIpc) is 3.02. The third-order valence-corrected chi connectivity index (χ3v) is 4.49. The highest BCUT2D eigenvalue weighted by Gasteiger charge is 2.36. The molecule has 0 radical (unpaired) electrons. The van der Waals surface area contributed by atoms with Crippen molar-refractivity contribution in [2.45, 2.75) is 52.9 Å². The highest BCUT2D eigenvalue weighted by atomic mass is 16.5. The van der Waals surface area contributed by atoms with E-state index < -0.39 is 0 Å². The maximum absolute atomic E-state index is 6.43. The molecule has 0 saturated carbocycles. The molecule has 0 spiro atoms. The van der Waals surface area contributed by atoms with E-state index in [4.69, 9.17) is 9.26 Å². The lowest BCUT2D eigenvalue weighted by Gasteiger charge is -2.43. The minimum absolute atomic E-state index is 0.0710. The van der Waals surface area contributed by atoms with E-state index in [0.717, 1.165) is 25.3 Å². The molecule has 2 aromatic rings. The summed E-state index contributed by atoms with van der Waals surface area (Å²) in [6, 6.07) is 10.4. The summed E-state index contributed by atoms with van der Waals surface area (Å²) in [4.78, 5) is 6.82. The molecule has 1 saturated heterocycles. The lowest BCUT2D eigenvalue weighted by molar-refractivity contribution is -0.131. The van der Waals surface area contributed by atoms with Crippen LogP contribution >= 0.6 is 0 Å². The molecule has 5 nitrogen and oxygen atoms in total. The number of hydrogen-bond acceptors (Lipinski definition) is 5. The van der Waals surface area contributed by atoms with Crippen molar-refractivity contribution < 1.29 is 9.26 Å².